The van der Waals surface area contributed by atoms with Gasteiger partial charge in [0, 0.05) is 19.1 Å². The maximum absolute atomic E-state index is 12.2. The number of hydrogen-bond donors (Lipinski definition) is 1. The molecule has 5 nitrogen and oxygen atoms in total. The zero-order chi connectivity index (χ0) is 18.5. The van der Waals surface area contributed by atoms with Crippen molar-refractivity contribution < 1.29 is 18.7 Å². The summed E-state index contributed by atoms with van der Waals surface area (Å²) < 4.78 is 16.3. The Morgan fingerprint density at radius 3 is 2.88 bits per heavy atom. The highest BCUT2D eigenvalue weighted by atomic mass is 35.5. The molecule has 1 heterocycles. The van der Waals surface area contributed by atoms with Gasteiger partial charge in [-0.2, -0.15) is 0 Å². The fourth-order valence-corrected chi connectivity index (χ4v) is 2.92. The summed E-state index contributed by atoms with van der Waals surface area (Å²) in [7, 11) is 1.59. The highest BCUT2D eigenvalue weighted by molar-refractivity contribution is 6.32. The van der Waals surface area contributed by atoms with Crippen molar-refractivity contribution in [2.75, 3.05) is 25.6 Å². The smallest absolute Gasteiger partial charge is 0.248 e. The van der Waals surface area contributed by atoms with Crippen molar-refractivity contribution in [3.63, 3.8) is 0 Å². The van der Waals surface area contributed by atoms with Crippen LogP contribution in [-0.2, 0) is 9.53 Å². The summed E-state index contributed by atoms with van der Waals surface area (Å²) in [4.78, 5) is 12.2. The average Bonchev–Trinajstić information content (AvgIpc) is 3.16. The number of ether oxygens (including phenoxy) is 2. The van der Waals surface area contributed by atoms with Crippen LogP contribution < -0.4 is 10.1 Å². The Labute approximate surface area is 157 Å². The monoisotopic (exact) mass is 375 g/mol. The first-order chi connectivity index (χ1) is 12.6. The van der Waals surface area contributed by atoms with Gasteiger partial charge in [-0.05, 0) is 42.7 Å². The van der Waals surface area contributed by atoms with Crippen LogP contribution >= 0.6 is 11.6 Å². The number of furan rings is 1. The van der Waals surface area contributed by atoms with Crippen molar-refractivity contribution in [3.05, 3.63) is 53.0 Å². The molecule has 0 spiro atoms. The van der Waals surface area contributed by atoms with E-state index in [1.54, 1.807) is 31.4 Å². The number of amides is 1. The van der Waals surface area contributed by atoms with Crippen LogP contribution in [0.5, 0.6) is 5.75 Å². The van der Waals surface area contributed by atoms with Crippen molar-refractivity contribution >= 4 is 29.3 Å². The molecular weight excluding hydrogens is 354 g/mol. The average molecular weight is 376 g/mol. The van der Waals surface area contributed by atoms with E-state index in [4.69, 9.17) is 25.5 Å². The molecule has 138 valence electrons. The molecule has 1 amide bonds. The molecule has 6 heteroatoms. The number of rotatable bonds is 8. The summed E-state index contributed by atoms with van der Waals surface area (Å²) in [6, 6.07) is 9.05. The number of methoxy groups -OCH3 is 1. The molecule has 0 radical (unpaired) electrons. The standard InChI is InChI=1S/C20H22ClNO4/c1-13-12-15(13)18-8-6-14(26-18)7-9-19(23)22-17-5-3-4-16(21)20(17)25-11-10-24-2/h3-9,13,15H,10-12H2,1-2H3,(H,22,23)/b9-7+. The fraction of sp³-hybridized carbons (Fsp3) is 0.350. The molecule has 2 atom stereocenters. The van der Waals surface area contributed by atoms with Gasteiger partial charge in [-0.3, -0.25) is 4.79 Å². The lowest BCUT2D eigenvalue weighted by atomic mass is 10.2. The number of hydrogen-bond acceptors (Lipinski definition) is 4. The van der Waals surface area contributed by atoms with E-state index < -0.39 is 0 Å². The fourth-order valence-electron chi connectivity index (χ4n) is 2.69. The van der Waals surface area contributed by atoms with E-state index in [1.807, 2.05) is 12.1 Å². The zero-order valence-corrected chi connectivity index (χ0v) is 15.6. The van der Waals surface area contributed by atoms with E-state index in [1.165, 1.54) is 6.08 Å². The van der Waals surface area contributed by atoms with Gasteiger partial charge in [0.25, 0.3) is 0 Å². The summed E-state index contributed by atoms with van der Waals surface area (Å²) >= 11 is 6.16. The maximum atomic E-state index is 12.2. The summed E-state index contributed by atoms with van der Waals surface area (Å²) in [6.07, 6.45) is 4.25. The number of halogens is 1. The predicted molar refractivity (Wildman–Crippen MR) is 102 cm³/mol. The third kappa shape index (κ3) is 4.68. The molecule has 1 N–H and O–H groups in total. The number of benzene rings is 1. The number of para-hydroxylation sites is 1. The molecular formula is C20H22ClNO4. The van der Waals surface area contributed by atoms with Gasteiger partial charge in [-0.1, -0.05) is 24.6 Å². The highest BCUT2D eigenvalue weighted by Gasteiger charge is 2.36. The lowest BCUT2D eigenvalue weighted by Crippen LogP contribution is -2.11. The van der Waals surface area contributed by atoms with Crippen molar-refractivity contribution in [2.24, 2.45) is 5.92 Å². The van der Waals surface area contributed by atoms with Crippen LogP contribution in [0.4, 0.5) is 5.69 Å². The van der Waals surface area contributed by atoms with Crippen molar-refractivity contribution in [1.82, 2.24) is 0 Å². The Morgan fingerprint density at radius 1 is 1.35 bits per heavy atom. The molecule has 0 saturated heterocycles. The number of nitrogens with one attached hydrogen (secondary N) is 1. The molecule has 26 heavy (non-hydrogen) atoms. The Hall–Kier alpha value is -2.24. The Bertz CT molecular complexity index is 799. The molecule has 2 aromatic rings. The highest BCUT2D eigenvalue weighted by Crippen LogP contribution is 2.47. The van der Waals surface area contributed by atoms with Crippen LogP contribution in [-0.4, -0.2) is 26.2 Å². The lowest BCUT2D eigenvalue weighted by molar-refractivity contribution is -0.111. The third-order valence-corrected chi connectivity index (χ3v) is 4.58. The third-order valence-electron chi connectivity index (χ3n) is 4.28. The maximum Gasteiger partial charge on any atom is 0.248 e. The van der Waals surface area contributed by atoms with E-state index in [2.05, 4.69) is 12.2 Å². The van der Waals surface area contributed by atoms with Gasteiger partial charge in [0.15, 0.2) is 5.75 Å². The summed E-state index contributed by atoms with van der Waals surface area (Å²) in [5, 5.41) is 3.21. The summed E-state index contributed by atoms with van der Waals surface area (Å²) in [5.41, 5.74) is 0.509. The first-order valence-corrected chi connectivity index (χ1v) is 8.95. The minimum Gasteiger partial charge on any atom is -0.487 e. The summed E-state index contributed by atoms with van der Waals surface area (Å²) in [6.45, 7) is 2.97. The second-order valence-electron chi connectivity index (χ2n) is 6.34. The molecule has 1 fully saturated rings. The normalized spacial score (nSPS) is 18.9. The second-order valence-corrected chi connectivity index (χ2v) is 6.75. The Morgan fingerprint density at radius 2 is 2.15 bits per heavy atom. The van der Waals surface area contributed by atoms with E-state index in [0.717, 1.165) is 12.2 Å². The van der Waals surface area contributed by atoms with E-state index >= 15 is 0 Å². The van der Waals surface area contributed by atoms with Crippen LogP contribution in [0.2, 0.25) is 5.02 Å². The molecule has 3 rings (SSSR count). The van der Waals surface area contributed by atoms with Crippen LogP contribution in [0, 0.1) is 5.92 Å². The zero-order valence-electron chi connectivity index (χ0n) is 14.8. The first-order valence-electron chi connectivity index (χ1n) is 8.57. The number of anilines is 1. The molecule has 2 unspecified atom stereocenters. The molecule has 1 saturated carbocycles. The van der Waals surface area contributed by atoms with Gasteiger partial charge in [0.1, 0.15) is 18.1 Å². The molecule has 0 aliphatic heterocycles. The van der Waals surface area contributed by atoms with Crippen LogP contribution in [0.1, 0.15) is 30.8 Å². The first kappa shape index (κ1) is 18.5. The van der Waals surface area contributed by atoms with Crippen LogP contribution in [0.25, 0.3) is 6.08 Å². The quantitative estimate of drug-likeness (QED) is 0.535. The molecule has 1 aliphatic rings. The second kappa shape index (κ2) is 8.43. The number of carbonyl (C=O) groups excluding carboxylic acids is 1. The van der Waals surface area contributed by atoms with Gasteiger partial charge in [0.05, 0.1) is 17.3 Å². The molecule has 1 aromatic carbocycles. The minimum atomic E-state index is -0.290. The lowest BCUT2D eigenvalue weighted by Gasteiger charge is -2.13. The van der Waals surface area contributed by atoms with Gasteiger partial charge in [0.2, 0.25) is 5.91 Å². The topological polar surface area (TPSA) is 60.7 Å². The minimum absolute atomic E-state index is 0.290. The Kier molecular flexibility index (Phi) is 6.01. The van der Waals surface area contributed by atoms with Crippen molar-refractivity contribution in [2.45, 2.75) is 19.3 Å². The van der Waals surface area contributed by atoms with Crippen molar-refractivity contribution in [3.8, 4) is 5.75 Å². The van der Waals surface area contributed by atoms with Gasteiger partial charge in [-0.15, -0.1) is 0 Å². The van der Waals surface area contributed by atoms with Crippen molar-refractivity contribution in [1.29, 1.82) is 0 Å². The summed E-state index contributed by atoms with van der Waals surface area (Å²) in [5.74, 6) is 2.99. The predicted octanol–water partition coefficient (Wildman–Crippen LogP) is 4.73. The molecule has 0 bridgehead atoms. The van der Waals surface area contributed by atoms with E-state index in [-0.39, 0.29) is 5.91 Å². The number of carbonyl (C=O) groups is 1. The largest absolute Gasteiger partial charge is 0.487 e. The Balaban J connectivity index is 1.62. The van der Waals surface area contributed by atoms with Crippen LogP contribution in [0.3, 0.4) is 0 Å². The van der Waals surface area contributed by atoms with E-state index in [9.17, 15) is 4.79 Å². The van der Waals surface area contributed by atoms with Crippen LogP contribution in [0.15, 0.2) is 40.8 Å². The van der Waals surface area contributed by atoms with Gasteiger partial charge >= 0.3 is 0 Å². The van der Waals surface area contributed by atoms with Gasteiger partial charge < -0.3 is 19.2 Å². The molecule has 1 aromatic heterocycles. The van der Waals surface area contributed by atoms with Gasteiger partial charge in [-0.25, -0.2) is 0 Å². The SMILES string of the molecule is COCCOc1c(Cl)cccc1NC(=O)/C=C/c1ccc(C2CC2C)o1. The molecule has 1 aliphatic carbocycles. The van der Waals surface area contributed by atoms with E-state index in [0.29, 0.717) is 47.3 Å².